The van der Waals surface area contributed by atoms with E-state index < -0.39 is 69.7 Å². The molecule has 3 atom stereocenters. The predicted octanol–water partition coefficient (Wildman–Crippen LogP) is 1.05. The van der Waals surface area contributed by atoms with Crippen LogP contribution >= 0.6 is 0 Å². The molecule has 3 unspecified atom stereocenters. The molecule has 0 aliphatic carbocycles. The van der Waals surface area contributed by atoms with Crippen LogP contribution in [0.5, 0.6) is 0 Å². The summed E-state index contributed by atoms with van der Waals surface area (Å²) in [7, 11) is 0. The average Bonchev–Trinajstić information content (AvgIpc) is 3.32. The first-order chi connectivity index (χ1) is 18.4. The number of anilines is 1. The summed E-state index contributed by atoms with van der Waals surface area (Å²) in [6, 6.07) is 1.29. The SMILES string of the molecule is CC(N)C(=O)NC(C)C(=O)NC1CCN(c2nc3c(cc2F)c(=O)c(C(=O)O)cn3-c2ccc(F)cc2F)C1. The fraction of sp³-hybridized carbons (Fsp3) is 0.320. The van der Waals surface area contributed by atoms with Gasteiger partial charge >= 0.3 is 5.97 Å². The van der Waals surface area contributed by atoms with Crippen LogP contribution in [-0.2, 0) is 9.59 Å². The third kappa shape index (κ3) is 5.55. The lowest BCUT2D eigenvalue weighted by Crippen LogP contribution is -2.51. The summed E-state index contributed by atoms with van der Waals surface area (Å²) in [6.07, 6.45) is 1.25. The van der Waals surface area contributed by atoms with E-state index in [1.807, 2.05) is 0 Å². The number of carboxylic acids is 1. The summed E-state index contributed by atoms with van der Waals surface area (Å²) < 4.78 is 44.4. The molecule has 0 radical (unpaired) electrons. The summed E-state index contributed by atoms with van der Waals surface area (Å²) in [5, 5.41) is 14.3. The fourth-order valence-electron chi connectivity index (χ4n) is 4.26. The molecule has 206 valence electrons. The number of hydrogen-bond acceptors (Lipinski definition) is 7. The molecular weight excluding hydrogens is 521 g/mol. The van der Waals surface area contributed by atoms with Gasteiger partial charge in [0.05, 0.1) is 17.1 Å². The van der Waals surface area contributed by atoms with E-state index in [1.165, 1.54) is 18.7 Å². The van der Waals surface area contributed by atoms with Crippen molar-refractivity contribution in [3.05, 3.63) is 63.7 Å². The number of carboxylic acid groups (broad SMARTS) is 1. The van der Waals surface area contributed by atoms with Gasteiger partial charge < -0.3 is 26.4 Å². The molecule has 14 heteroatoms. The second kappa shape index (κ2) is 10.7. The highest BCUT2D eigenvalue weighted by Gasteiger charge is 2.30. The van der Waals surface area contributed by atoms with Gasteiger partial charge in [-0.3, -0.25) is 19.0 Å². The minimum absolute atomic E-state index is 0.122. The van der Waals surface area contributed by atoms with Crippen molar-refractivity contribution < 1.29 is 32.7 Å². The van der Waals surface area contributed by atoms with Gasteiger partial charge in [-0.2, -0.15) is 0 Å². The number of rotatable bonds is 7. The molecule has 0 saturated carbocycles. The van der Waals surface area contributed by atoms with E-state index in [2.05, 4.69) is 15.6 Å². The van der Waals surface area contributed by atoms with Gasteiger partial charge in [-0.05, 0) is 38.5 Å². The van der Waals surface area contributed by atoms with Crippen molar-refractivity contribution in [2.75, 3.05) is 18.0 Å². The number of aromatic carboxylic acids is 1. The Hall–Kier alpha value is -4.46. The fourth-order valence-corrected chi connectivity index (χ4v) is 4.26. The van der Waals surface area contributed by atoms with Crippen molar-refractivity contribution in [2.24, 2.45) is 5.73 Å². The highest BCUT2D eigenvalue weighted by atomic mass is 19.1. The van der Waals surface area contributed by atoms with Gasteiger partial charge in [0.25, 0.3) is 0 Å². The Bertz CT molecular complexity index is 1540. The van der Waals surface area contributed by atoms with Crippen molar-refractivity contribution in [2.45, 2.75) is 38.4 Å². The van der Waals surface area contributed by atoms with Crippen molar-refractivity contribution in [1.82, 2.24) is 20.2 Å². The molecule has 0 spiro atoms. The quantitative estimate of drug-likeness (QED) is 0.342. The molecule has 1 aliphatic heterocycles. The molecule has 1 aliphatic rings. The summed E-state index contributed by atoms with van der Waals surface area (Å²) in [6.45, 7) is 3.35. The third-order valence-corrected chi connectivity index (χ3v) is 6.31. The maximum Gasteiger partial charge on any atom is 0.341 e. The lowest BCUT2D eigenvalue weighted by Gasteiger charge is -2.21. The smallest absolute Gasteiger partial charge is 0.341 e. The van der Waals surface area contributed by atoms with Crippen LogP contribution in [0.25, 0.3) is 16.7 Å². The molecule has 39 heavy (non-hydrogen) atoms. The molecular formula is C25H25F3N6O5. The van der Waals surface area contributed by atoms with Crippen molar-refractivity contribution >= 4 is 34.6 Å². The second-order valence-corrected chi connectivity index (χ2v) is 9.27. The summed E-state index contributed by atoms with van der Waals surface area (Å²) in [4.78, 5) is 54.4. The lowest BCUT2D eigenvalue weighted by molar-refractivity contribution is -0.129. The third-order valence-electron chi connectivity index (χ3n) is 6.31. The van der Waals surface area contributed by atoms with Crippen LogP contribution in [0.15, 0.2) is 35.3 Å². The Labute approximate surface area is 219 Å². The number of carbonyl (C=O) groups is 3. The van der Waals surface area contributed by atoms with Crippen LogP contribution in [0, 0.1) is 17.5 Å². The first-order valence-electron chi connectivity index (χ1n) is 11.9. The standard InChI is InChI=1S/C25H25F3N6O5/c1-11(29)23(36)30-12(2)24(37)31-14-5-6-33(9-14)22-18(28)8-15-20(35)16(25(38)39)10-34(21(15)32-22)19-4-3-13(26)7-17(19)27/h3-4,7-8,10-12,14H,5-6,9,29H2,1-2H3,(H,30,36)(H,31,37)(H,38,39). The minimum Gasteiger partial charge on any atom is -0.477 e. The molecule has 0 bridgehead atoms. The number of benzene rings is 1. The highest BCUT2D eigenvalue weighted by molar-refractivity contribution is 5.93. The molecule has 1 aromatic carbocycles. The average molecular weight is 547 g/mol. The maximum atomic E-state index is 15.2. The van der Waals surface area contributed by atoms with Crippen molar-refractivity contribution in [3.63, 3.8) is 0 Å². The normalized spacial score (nSPS) is 16.7. The molecule has 5 N–H and O–H groups in total. The maximum absolute atomic E-state index is 15.2. The van der Waals surface area contributed by atoms with Gasteiger partial charge in [0, 0.05) is 31.4 Å². The van der Waals surface area contributed by atoms with E-state index in [0.717, 1.165) is 29.0 Å². The number of nitrogens with zero attached hydrogens (tertiary/aromatic N) is 3. The Morgan fingerprint density at radius 2 is 1.85 bits per heavy atom. The number of hydrogen-bond donors (Lipinski definition) is 4. The van der Waals surface area contributed by atoms with E-state index in [-0.39, 0.29) is 30.2 Å². The van der Waals surface area contributed by atoms with E-state index in [0.29, 0.717) is 12.5 Å². The molecule has 2 aromatic heterocycles. The zero-order valence-electron chi connectivity index (χ0n) is 20.9. The van der Waals surface area contributed by atoms with Crippen molar-refractivity contribution in [3.8, 4) is 5.69 Å². The molecule has 1 fully saturated rings. The number of halogens is 3. The van der Waals surface area contributed by atoms with Crippen LogP contribution < -0.4 is 26.7 Å². The number of amides is 2. The van der Waals surface area contributed by atoms with Gasteiger partial charge in [-0.25, -0.2) is 22.9 Å². The van der Waals surface area contributed by atoms with E-state index >= 15 is 4.39 Å². The van der Waals surface area contributed by atoms with Gasteiger partial charge in [0.2, 0.25) is 17.2 Å². The van der Waals surface area contributed by atoms with Crippen LogP contribution in [0.2, 0.25) is 0 Å². The van der Waals surface area contributed by atoms with Crippen LogP contribution in [-0.4, -0.2) is 63.7 Å². The first kappa shape index (κ1) is 27.6. The molecule has 11 nitrogen and oxygen atoms in total. The molecule has 1 saturated heterocycles. The van der Waals surface area contributed by atoms with Gasteiger partial charge in [0.15, 0.2) is 17.3 Å². The Morgan fingerprint density at radius 1 is 1.13 bits per heavy atom. The van der Waals surface area contributed by atoms with E-state index in [9.17, 15) is 33.1 Å². The Morgan fingerprint density at radius 3 is 2.49 bits per heavy atom. The topological polar surface area (TPSA) is 160 Å². The predicted molar refractivity (Wildman–Crippen MR) is 134 cm³/mol. The van der Waals surface area contributed by atoms with Crippen molar-refractivity contribution in [1.29, 1.82) is 0 Å². The van der Waals surface area contributed by atoms with E-state index in [1.54, 1.807) is 0 Å². The number of nitrogens with one attached hydrogen (secondary N) is 2. The number of nitrogens with two attached hydrogens (primary N) is 1. The van der Waals surface area contributed by atoms with Gasteiger partial charge in [-0.15, -0.1) is 0 Å². The number of carbonyl (C=O) groups excluding carboxylic acids is 2. The van der Waals surface area contributed by atoms with Crippen LogP contribution in [0.3, 0.4) is 0 Å². The first-order valence-corrected chi connectivity index (χ1v) is 11.9. The second-order valence-electron chi connectivity index (χ2n) is 9.27. The Balaban J connectivity index is 1.68. The molecule has 3 heterocycles. The van der Waals surface area contributed by atoms with Gasteiger partial charge in [0.1, 0.15) is 23.2 Å². The number of pyridine rings is 2. The lowest BCUT2D eigenvalue weighted by atomic mass is 10.1. The van der Waals surface area contributed by atoms with Crippen LogP contribution in [0.4, 0.5) is 19.0 Å². The minimum atomic E-state index is -1.62. The molecule has 2 amide bonds. The largest absolute Gasteiger partial charge is 0.477 e. The summed E-state index contributed by atoms with van der Waals surface area (Å²) >= 11 is 0. The number of fused-ring (bicyclic) bond motifs is 1. The molecule has 4 rings (SSSR count). The van der Waals surface area contributed by atoms with Crippen LogP contribution in [0.1, 0.15) is 30.6 Å². The molecule has 3 aromatic rings. The van der Waals surface area contributed by atoms with Gasteiger partial charge in [-0.1, -0.05) is 0 Å². The zero-order chi connectivity index (χ0) is 28.6. The van der Waals surface area contributed by atoms with E-state index in [4.69, 9.17) is 5.73 Å². The zero-order valence-corrected chi connectivity index (χ0v) is 20.9. The summed E-state index contributed by atoms with van der Waals surface area (Å²) in [5.74, 6) is -5.66. The highest BCUT2D eigenvalue weighted by Crippen LogP contribution is 2.27. The Kier molecular flexibility index (Phi) is 7.58. The monoisotopic (exact) mass is 546 g/mol. The number of aromatic nitrogens is 2. The summed E-state index contributed by atoms with van der Waals surface area (Å²) in [5.41, 5.74) is 3.17.